The molecule has 1 unspecified atom stereocenters. The number of hydrogen-bond acceptors (Lipinski definition) is 4. The van der Waals surface area contributed by atoms with Crippen LogP contribution in [0.3, 0.4) is 0 Å². The summed E-state index contributed by atoms with van der Waals surface area (Å²) in [6, 6.07) is 1.02. The lowest BCUT2D eigenvalue weighted by molar-refractivity contribution is 0.0179. The molecule has 1 atom stereocenters. The summed E-state index contributed by atoms with van der Waals surface area (Å²) in [4.78, 5) is 16.4. The summed E-state index contributed by atoms with van der Waals surface area (Å²) < 4.78 is 5.48. The zero-order valence-electron chi connectivity index (χ0n) is 14.0. The Hall–Kier alpha value is -0.810. The summed E-state index contributed by atoms with van der Waals surface area (Å²) >= 11 is 0. The number of rotatable bonds is 2. The van der Waals surface area contributed by atoms with Gasteiger partial charge in [-0.1, -0.05) is 0 Å². The Labute approximate surface area is 129 Å². The van der Waals surface area contributed by atoms with Gasteiger partial charge in [-0.05, 0) is 66.6 Å². The Morgan fingerprint density at radius 3 is 2.38 bits per heavy atom. The van der Waals surface area contributed by atoms with Crippen molar-refractivity contribution in [2.45, 2.75) is 64.1 Å². The van der Waals surface area contributed by atoms with Gasteiger partial charge in [-0.3, -0.25) is 0 Å². The van der Waals surface area contributed by atoms with Gasteiger partial charge in [0.15, 0.2) is 0 Å². The molecule has 0 bridgehead atoms. The molecule has 0 spiro atoms. The van der Waals surface area contributed by atoms with Gasteiger partial charge in [-0.25, -0.2) is 4.79 Å². The number of nitrogens with zero attached hydrogens (tertiary/aromatic N) is 2. The van der Waals surface area contributed by atoms with Crippen molar-refractivity contribution < 1.29 is 9.53 Å². The van der Waals surface area contributed by atoms with Crippen molar-refractivity contribution >= 4 is 6.09 Å². The first kappa shape index (κ1) is 16.6. The van der Waals surface area contributed by atoms with Crippen molar-refractivity contribution in [2.24, 2.45) is 0 Å². The zero-order valence-corrected chi connectivity index (χ0v) is 14.0. The van der Waals surface area contributed by atoms with Crippen LogP contribution in [0.4, 0.5) is 4.79 Å². The first-order valence-corrected chi connectivity index (χ1v) is 8.26. The summed E-state index contributed by atoms with van der Waals surface area (Å²) in [6.07, 6.45) is 4.46. The minimum Gasteiger partial charge on any atom is -0.444 e. The topological polar surface area (TPSA) is 44.8 Å². The molecule has 0 aromatic carbocycles. The van der Waals surface area contributed by atoms with Gasteiger partial charge in [-0.15, -0.1) is 0 Å². The maximum atomic E-state index is 12.2. The van der Waals surface area contributed by atoms with Gasteiger partial charge in [0, 0.05) is 25.2 Å². The number of nitrogens with one attached hydrogen (secondary N) is 1. The van der Waals surface area contributed by atoms with Crippen molar-refractivity contribution in [2.75, 3.05) is 33.2 Å². The highest BCUT2D eigenvalue weighted by atomic mass is 16.6. The van der Waals surface area contributed by atoms with E-state index < -0.39 is 5.60 Å². The fourth-order valence-electron chi connectivity index (χ4n) is 3.11. The number of carbonyl (C=O) groups is 1. The average Bonchev–Trinajstić information content (AvgIpc) is 2.40. The molecule has 0 saturated carbocycles. The van der Waals surface area contributed by atoms with Crippen LogP contribution in [0.15, 0.2) is 0 Å². The third-order valence-electron chi connectivity index (χ3n) is 4.26. The van der Waals surface area contributed by atoms with Gasteiger partial charge in [0.2, 0.25) is 0 Å². The Morgan fingerprint density at radius 2 is 1.76 bits per heavy atom. The molecule has 2 heterocycles. The number of likely N-dealkylation sites (tertiary alicyclic amines) is 2. The van der Waals surface area contributed by atoms with Crippen LogP contribution in [0.1, 0.15) is 46.5 Å². The summed E-state index contributed by atoms with van der Waals surface area (Å²) in [7, 11) is 2.18. The monoisotopic (exact) mass is 297 g/mol. The molecule has 2 aliphatic rings. The second-order valence-electron chi connectivity index (χ2n) is 7.51. The third kappa shape index (κ3) is 5.47. The Morgan fingerprint density at radius 1 is 1.10 bits per heavy atom. The smallest absolute Gasteiger partial charge is 0.410 e. The lowest BCUT2D eigenvalue weighted by atomic mass is 10.0. The number of carbonyl (C=O) groups excluding carboxylic acids is 1. The lowest BCUT2D eigenvalue weighted by Crippen LogP contribution is -2.53. The Bertz CT molecular complexity index is 346. The molecule has 5 nitrogen and oxygen atoms in total. The van der Waals surface area contributed by atoms with Crippen LogP contribution in [-0.4, -0.2) is 66.8 Å². The first-order valence-electron chi connectivity index (χ1n) is 8.26. The molecule has 0 aliphatic carbocycles. The molecular formula is C16H31N3O2. The fraction of sp³-hybridized carbons (Fsp3) is 0.938. The highest BCUT2D eigenvalue weighted by molar-refractivity contribution is 5.68. The van der Waals surface area contributed by atoms with Gasteiger partial charge < -0.3 is 19.9 Å². The summed E-state index contributed by atoms with van der Waals surface area (Å²) in [5, 5.41) is 3.75. The molecule has 0 radical (unpaired) electrons. The highest BCUT2D eigenvalue weighted by Crippen LogP contribution is 2.17. The minimum absolute atomic E-state index is 0.169. The van der Waals surface area contributed by atoms with Gasteiger partial charge >= 0.3 is 6.09 Å². The van der Waals surface area contributed by atoms with Crippen LogP contribution in [0.2, 0.25) is 0 Å². The van der Waals surface area contributed by atoms with Crippen molar-refractivity contribution in [3.8, 4) is 0 Å². The van der Waals surface area contributed by atoms with Crippen molar-refractivity contribution in [1.82, 2.24) is 15.1 Å². The van der Waals surface area contributed by atoms with E-state index in [1.54, 1.807) is 0 Å². The lowest BCUT2D eigenvalue weighted by Gasteiger charge is -2.38. The van der Waals surface area contributed by atoms with Gasteiger partial charge in [0.05, 0.1) is 0 Å². The van der Waals surface area contributed by atoms with Gasteiger partial charge in [0.1, 0.15) is 5.60 Å². The average molecular weight is 297 g/mol. The highest BCUT2D eigenvalue weighted by Gasteiger charge is 2.29. The Balaban J connectivity index is 1.79. The molecule has 2 rings (SSSR count). The van der Waals surface area contributed by atoms with Gasteiger partial charge in [0.25, 0.3) is 0 Å². The van der Waals surface area contributed by atoms with E-state index in [-0.39, 0.29) is 6.09 Å². The van der Waals surface area contributed by atoms with Crippen LogP contribution < -0.4 is 5.32 Å². The van der Waals surface area contributed by atoms with E-state index >= 15 is 0 Å². The molecule has 0 aromatic rings. The van der Waals surface area contributed by atoms with E-state index in [0.717, 1.165) is 25.9 Å². The van der Waals surface area contributed by atoms with Crippen LogP contribution in [-0.2, 0) is 4.74 Å². The quantitative estimate of drug-likeness (QED) is 0.847. The molecule has 1 amide bonds. The van der Waals surface area contributed by atoms with E-state index in [2.05, 4.69) is 17.3 Å². The summed E-state index contributed by atoms with van der Waals surface area (Å²) in [5.41, 5.74) is -0.411. The predicted molar refractivity (Wildman–Crippen MR) is 84.5 cm³/mol. The standard InChI is InChI=1S/C16H31N3O2/c1-16(2,3)21-15(20)19-9-5-6-14(12-19)17-13-7-10-18(4)11-8-13/h13-14,17H,5-12H2,1-4H3. The van der Waals surface area contributed by atoms with Crippen molar-refractivity contribution in [3.05, 3.63) is 0 Å². The molecular weight excluding hydrogens is 266 g/mol. The number of ether oxygens (including phenoxy) is 1. The normalized spacial score (nSPS) is 25.9. The second-order valence-corrected chi connectivity index (χ2v) is 7.51. The fourth-order valence-corrected chi connectivity index (χ4v) is 3.11. The molecule has 122 valence electrons. The molecule has 1 N–H and O–H groups in total. The van der Waals surface area contributed by atoms with E-state index in [1.807, 2.05) is 25.7 Å². The molecule has 2 fully saturated rings. The van der Waals surface area contributed by atoms with Gasteiger partial charge in [-0.2, -0.15) is 0 Å². The molecule has 0 aromatic heterocycles. The van der Waals surface area contributed by atoms with E-state index in [4.69, 9.17) is 4.74 Å². The third-order valence-corrected chi connectivity index (χ3v) is 4.26. The maximum absolute atomic E-state index is 12.2. The van der Waals surface area contributed by atoms with Crippen LogP contribution in [0, 0.1) is 0 Å². The van der Waals surface area contributed by atoms with E-state index in [0.29, 0.717) is 12.1 Å². The van der Waals surface area contributed by atoms with Crippen molar-refractivity contribution in [3.63, 3.8) is 0 Å². The second kappa shape index (κ2) is 6.97. The first-order chi connectivity index (χ1) is 9.83. The van der Waals surface area contributed by atoms with Crippen LogP contribution in [0.5, 0.6) is 0 Å². The molecule has 2 aliphatic heterocycles. The largest absolute Gasteiger partial charge is 0.444 e. The van der Waals surface area contributed by atoms with Crippen molar-refractivity contribution in [1.29, 1.82) is 0 Å². The minimum atomic E-state index is -0.411. The van der Waals surface area contributed by atoms with E-state index in [1.165, 1.54) is 25.9 Å². The Kier molecular flexibility index (Phi) is 5.49. The summed E-state index contributed by atoms with van der Waals surface area (Å²) in [5.74, 6) is 0. The molecule has 2 saturated heterocycles. The number of hydrogen-bond donors (Lipinski definition) is 1. The van der Waals surface area contributed by atoms with Crippen LogP contribution in [0.25, 0.3) is 0 Å². The maximum Gasteiger partial charge on any atom is 0.410 e. The number of amides is 1. The number of piperidine rings is 2. The SMILES string of the molecule is CN1CCC(NC2CCCN(C(=O)OC(C)(C)C)C2)CC1. The molecule has 5 heteroatoms. The zero-order chi connectivity index (χ0) is 15.5. The van der Waals surface area contributed by atoms with Crippen LogP contribution >= 0.6 is 0 Å². The predicted octanol–water partition coefficient (Wildman–Crippen LogP) is 2.07. The molecule has 21 heavy (non-hydrogen) atoms. The van der Waals surface area contributed by atoms with E-state index in [9.17, 15) is 4.79 Å². The summed E-state index contributed by atoms with van der Waals surface area (Å²) in [6.45, 7) is 9.69.